The molecule has 112 valence electrons. The van der Waals surface area contributed by atoms with E-state index in [1.165, 1.54) is 24.1 Å². The van der Waals surface area contributed by atoms with E-state index in [9.17, 15) is 0 Å². The average molecular weight is 284 g/mol. The second kappa shape index (κ2) is 5.55. The van der Waals surface area contributed by atoms with Crippen LogP contribution in [0.4, 0.5) is 0 Å². The summed E-state index contributed by atoms with van der Waals surface area (Å²) in [5.74, 6) is 2.67. The van der Waals surface area contributed by atoms with Gasteiger partial charge >= 0.3 is 0 Å². The van der Waals surface area contributed by atoms with E-state index in [0.29, 0.717) is 17.8 Å². The molecule has 3 heteroatoms. The van der Waals surface area contributed by atoms with E-state index >= 15 is 0 Å². The van der Waals surface area contributed by atoms with Crippen LogP contribution in [0.15, 0.2) is 24.3 Å². The molecule has 1 N–H and O–H groups in total. The zero-order chi connectivity index (χ0) is 15.0. The van der Waals surface area contributed by atoms with Crippen molar-refractivity contribution in [3.05, 3.63) is 35.5 Å². The highest BCUT2D eigenvalue weighted by Crippen LogP contribution is 2.46. The van der Waals surface area contributed by atoms with Gasteiger partial charge in [-0.15, -0.1) is 0 Å². The Morgan fingerprint density at radius 2 is 2.00 bits per heavy atom. The van der Waals surface area contributed by atoms with Crippen LogP contribution in [0.5, 0.6) is 5.75 Å². The molecule has 21 heavy (non-hydrogen) atoms. The number of H-pyrrole nitrogens is 1. The van der Waals surface area contributed by atoms with Gasteiger partial charge in [-0.05, 0) is 36.8 Å². The van der Waals surface area contributed by atoms with Crippen molar-refractivity contribution in [1.29, 1.82) is 0 Å². The number of aromatic amines is 1. The summed E-state index contributed by atoms with van der Waals surface area (Å²) in [5, 5.41) is 7.99. The zero-order valence-corrected chi connectivity index (χ0v) is 13.3. The van der Waals surface area contributed by atoms with Crippen LogP contribution in [0.2, 0.25) is 0 Å². The second-order valence-corrected chi connectivity index (χ2v) is 6.43. The third kappa shape index (κ3) is 2.35. The molecule has 0 radical (unpaired) electrons. The lowest BCUT2D eigenvalue weighted by Crippen LogP contribution is -2.16. The summed E-state index contributed by atoms with van der Waals surface area (Å²) in [5.41, 5.74) is 4.89. The molecule has 2 atom stereocenters. The van der Waals surface area contributed by atoms with Crippen molar-refractivity contribution in [2.24, 2.45) is 5.92 Å². The molecule has 0 fully saturated rings. The number of hydrogen-bond acceptors (Lipinski definition) is 2. The summed E-state index contributed by atoms with van der Waals surface area (Å²) in [6, 6.07) is 8.15. The number of nitrogens with one attached hydrogen (secondary N) is 1. The molecule has 0 aliphatic heterocycles. The Labute approximate surface area is 126 Å². The largest absolute Gasteiger partial charge is 0.496 e. The predicted octanol–water partition coefficient (Wildman–Crippen LogP) is 4.72. The van der Waals surface area contributed by atoms with Gasteiger partial charge in [-0.1, -0.05) is 32.9 Å². The first-order valence-electron chi connectivity index (χ1n) is 7.85. The maximum Gasteiger partial charge on any atom is 0.128 e. The van der Waals surface area contributed by atoms with Crippen molar-refractivity contribution >= 4 is 0 Å². The minimum atomic E-state index is 0.550. The number of benzene rings is 1. The van der Waals surface area contributed by atoms with E-state index in [1.807, 2.05) is 18.2 Å². The van der Waals surface area contributed by atoms with Gasteiger partial charge in [-0.2, -0.15) is 5.10 Å². The summed E-state index contributed by atoms with van der Waals surface area (Å²) >= 11 is 0. The second-order valence-electron chi connectivity index (χ2n) is 6.43. The molecular weight excluding hydrogens is 260 g/mol. The molecule has 1 aliphatic rings. The highest BCUT2D eigenvalue weighted by atomic mass is 16.5. The highest BCUT2D eigenvalue weighted by Gasteiger charge is 2.32. The highest BCUT2D eigenvalue weighted by molar-refractivity contribution is 5.71. The van der Waals surface area contributed by atoms with E-state index in [1.54, 1.807) is 7.11 Å². The molecular formula is C18H24N2O. The molecule has 0 unspecified atom stereocenters. The molecule has 0 amide bonds. The predicted molar refractivity (Wildman–Crippen MR) is 85.8 cm³/mol. The summed E-state index contributed by atoms with van der Waals surface area (Å²) in [4.78, 5) is 0. The van der Waals surface area contributed by atoms with Crippen molar-refractivity contribution in [3.63, 3.8) is 0 Å². The molecule has 0 saturated carbocycles. The van der Waals surface area contributed by atoms with Crippen LogP contribution in [-0.2, 0) is 0 Å². The Balaban J connectivity index is 2.14. The van der Waals surface area contributed by atoms with Gasteiger partial charge in [0.1, 0.15) is 5.75 Å². The van der Waals surface area contributed by atoms with Gasteiger partial charge in [0.2, 0.25) is 0 Å². The fraction of sp³-hybridized carbons (Fsp3) is 0.500. The van der Waals surface area contributed by atoms with Crippen LogP contribution in [0.3, 0.4) is 0 Å². The van der Waals surface area contributed by atoms with Crippen molar-refractivity contribution in [3.8, 4) is 17.0 Å². The van der Waals surface area contributed by atoms with Gasteiger partial charge in [0.25, 0.3) is 0 Å². The normalized spacial score (nSPS) is 21.4. The Morgan fingerprint density at radius 3 is 2.71 bits per heavy atom. The SMILES string of the molecule is COc1ccccc1-c1n[nH]c2c1[C@H](C)CC[C@@H]2C(C)C. The molecule has 2 aromatic rings. The van der Waals surface area contributed by atoms with Crippen LogP contribution in [0.1, 0.15) is 56.7 Å². The van der Waals surface area contributed by atoms with Gasteiger partial charge in [0.05, 0.1) is 12.8 Å². The van der Waals surface area contributed by atoms with E-state index in [-0.39, 0.29) is 0 Å². The zero-order valence-electron chi connectivity index (χ0n) is 13.3. The third-order valence-corrected chi connectivity index (χ3v) is 4.77. The number of aromatic nitrogens is 2. The molecule has 0 bridgehead atoms. The standard InChI is InChI=1S/C18H24N2O/c1-11(2)13-10-9-12(3)16-17(13)19-20-18(16)14-7-5-6-8-15(14)21-4/h5-8,11-13H,9-10H2,1-4H3,(H,19,20)/t12-,13-/m1/s1. The fourth-order valence-corrected chi connectivity index (χ4v) is 3.58. The summed E-state index contributed by atoms with van der Waals surface area (Å²) < 4.78 is 5.52. The number of rotatable bonds is 3. The van der Waals surface area contributed by atoms with Crippen molar-refractivity contribution in [1.82, 2.24) is 10.2 Å². The molecule has 3 nitrogen and oxygen atoms in total. The number of nitrogens with zero attached hydrogens (tertiary/aromatic N) is 1. The maximum absolute atomic E-state index is 5.52. The first-order valence-corrected chi connectivity index (χ1v) is 7.85. The van der Waals surface area contributed by atoms with Crippen LogP contribution < -0.4 is 4.74 Å². The van der Waals surface area contributed by atoms with Crippen molar-refractivity contribution < 1.29 is 4.74 Å². The minimum Gasteiger partial charge on any atom is -0.496 e. The van der Waals surface area contributed by atoms with Crippen LogP contribution in [0.25, 0.3) is 11.3 Å². The van der Waals surface area contributed by atoms with Crippen molar-refractivity contribution in [2.75, 3.05) is 7.11 Å². The van der Waals surface area contributed by atoms with Gasteiger partial charge < -0.3 is 4.74 Å². The Morgan fingerprint density at radius 1 is 1.24 bits per heavy atom. The average Bonchev–Trinajstić information content (AvgIpc) is 2.92. The van der Waals surface area contributed by atoms with E-state index < -0.39 is 0 Å². The first kappa shape index (κ1) is 14.2. The lowest BCUT2D eigenvalue weighted by molar-refractivity contribution is 0.403. The minimum absolute atomic E-state index is 0.550. The Hall–Kier alpha value is -1.77. The van der Waals surface area contributed by atoms with E-state index in [2.05, 4.69) is 37.0 Å². The van der Waals surface area contributed by atoms with Crippen molar-refractivity contribution in [2.45, 2.75) is 45.4 Å². The lowest BCUT2D eigenvalue weighted by atomic mass is 9.75. The van der Waals surface area contributed by atoms with Crippen LogP contribution in [0, 0.1) is 5.92 Å². The number of ether oxygens (including phenoxy) is 1. The molecule has 3 rings (SSSR count). The first-order chi connectivity index (χ1) is 10.1. The van der Waals surface area contributed by atoms with E-state index in [4.69, 9.17) is 4.74 Å². The summed E-state index contributed by atoms with van der Waals surface area (Å²) in [6.45, 7) is 6.91. The van der Waals surface area contributed by atoms with Crippen LogP contribution in [-0.4, -0.2) is 17.3 Å². The Kier molecular flexibility index (Phi) is 3.75. The molecule has 1 aliphatic carbocycles. The summed E-state index contributed by atoms with van der Waals surface area (Å²) in [6.07, 6.45) is 2.48. The molecule has 0 saturated heterocycles. The number of methoxy groups -OCH3 is 1. The topological polar surface area (TPSA) is 37.9 Å². The fourth-order valence-electron chi connectivity index (χ4n) is 3.58. The Bertz CT molecular complexity index is 630. The third-order valence-electron chi connectivity index (χ3n) is 4.77. The monoisotopic (exact) mass is 284 g/mol. The van der Waals surface area contributed by atoms with Crippen LogP contribution >= 0.6 is 0 Å². The molecule has 0 spiro atoms. The van der Waals surface area contributed by atoms with Gasteiger partial charge in [0, 0.05) is 22.7 Å². The maximum atomic E-state index is 5.52. The lowest BCUT2D eigenvalue weighted by Gasteiger charge is -2.29. The molecule has 1 heterocycles. The quantitative estimate of drug-likeness (QED) is 0.885. The summed E-state index contributed by atoms with van der Waals surface area (Å²) in [7, 11) is 1.72. The number of para-hydroxylation sites is 1. The molecule has 1 aromatic heterocycles. The van der Waals surface area contributed by atoms with E-state index in [0.717, 1.165) is 17.0 Å². The van der Waals surface area contributed by atoms with Gasteiger partial charge in [-0.25, -0.2) is 0 Å². The van der Waals surface area contributed by atoms with Gasteiger partial charge in [0.15, 0.2) is 0 Å². The van der Waals surface area contributed by atoms with Gasteiger partial charge in [-0.3, -0.25) is 5.10 Å². The smallest absolute Gasteiger partial charge is 0.128 e. The number of fused-ring (bicyclic) bond motifs is 1. The molecule has 1 aromatic carbocycles. The number of hydrogen-bond donors (Lipinski definition) is 1.